The lowest BCUT2D eigenvalue weighted by Gasteiger charge is -2.22. The van der Waals surface area contributed by atoms with Crippen LogP contribution in [0.4, 0.5) is 5.69 Å². The van der Waals surface area contributed by atoms with Crippen LogP contribution in [0.3, 0.4) is 0 Å². The van der Waals surface area contributed by atoms with Gasteiger partial charge in [0.2, 0.25) is 0 Å². The number of nitrogens with zero attached hydrogens (tertiary/aromatic N) is 2. The van der Waals surface area contributed by atoms with Crippen LogP contribution in [0.1, 0.15) is 33.3 Å². The van der Waals surface area contributed by atoms with Crippen LogP contribution in [0.25, 0.3) is 0 Å². The van der Waals surface area contributed by atoms with E-state index in [9.17, 15) is 4.79 Å². The summed E-state index contributed by atoms with van der Waals surface area (Å²) in [6, 6.07) is 5.54. The minimum absolute atomic E-state index is 0.0309. The predicted molar refractivity (Wildman–Crippen MR) is 83.8 cm³/mol. The van der Waals surface area contributed by atoms with Crippen LogP contribution >= 0.6 is 0 Å². The number of anilines is 1. The minimum atomic E-state index is -0.338. The van der Waals surface area contributed by atoms with Gasteiger partial charge in [-0.15, -0.1) is 0 Å². The first-order valence-electron chi connectivity index (χ1n) is 6.97. The second kappa shape index (κ2) is 5.60. The van der Waals surface area contributed by atoms with Gasteiger partial charge in [-0.1, -0.05) is 13.0 Å². The van der Waals surface area contributed by atoms with E-state index in [2.05, 4.69) is 11.9 Å². The van der Waals surface area contributed by atoms with Crippen LogP contribution in [0.15, 0.2) is 35.4 Å². The maximum absolute atomic E-state index is 12.4. The SMILES string of the molecule is CCc1ccc(Oc2nccn(C(C)(C)C)c2=O)c(N)c1. The number of hydrogen-bond donors (Lipinski definition) is 1. The molecule has 0 radical (unpaired) electrons. The van der Waals surface area contributed by atoms with Gasteiger partial charge in [0, 0.05) is 17.9 Å². The monoisotopic (exact) mass is 287 g/mol. The molecule has 2 rings (SSSR count). The molecule has 5 heteroatoms. The van der Waals surface area contributed by atoms with E-state index < -0.39 is 0 Å². The molecule has 2 N–H and O–H groups in total. The normalized spacial score (nSPS) is 11.4. The Morgan fingerprint density at radius 1 is 1.33 bits per heavy atom. The van der Waals surface area contributed by atoms with Crippen molar-refractivity contribution in [3.63, 3.8) is 0 Å². The van der Waals surface area contributed by atoms with Gasteiger partial charge in [-0.25, -0.2) is 4.98 Å². The van der Waals surface area contributed by atoms with Crippen molar-refractivity contribution >= 4 is 5.69 Å². The highest BCUT2D eigenvalue weighted by Gasteiger charge is 2.18. The summed E-state index contributed by atoms with van der Waals surface area (Å²) < 4.78 is 7.20. The summed E-state index contributed by atoms with van der Waals surface area (Å²) in [4.78, 5) is 16.4. The van der Waals surface area contributed by atoms with Crippen molar-refractivity contribution in [3.05, 3.63) is 46.5 Å². The van der Waals surface area contributed by atoms with E-state index in [4.69, 9.17) is 10.5 Å². The van der Waals surface area contributed by atoms with Gasteiger partial charge < -0.3 is 15.0 Å². The Balaban J connectivity index is 2.39. The number of hydrogen-bond acceptors (Lipinski definition) is 4. The van der Waals surface area contributed by atoms with Crippen LogP contribution in [0, 0.1) is 0 Å². The number of ether oxygens (including phenoxy) is 1. The topological polar surface area (TPSA) is 70.1 Å². The highest BCUT2D eigenvalue weighted by molar-refractivity contribution is 5.55. The summed E-state index contributed by atoms with van der Waals surface area (Å²) in [5, 5.41) is 0. The average molecular weight is 287 g/mol. The molecule has 0 amide bonds. The molecule has 0 saturated carbocycles. The van der Waals surface area contributed by atoms with Gasteiger partial charge in [0.05, 0.1) is 5.69 Å². The number of aromatic nitrogens is 2. The zero-order chi connectivity index (χ0) is 15.6. The first kappa shape index (κ1) is 15.1. The Hall–Kier alpha value is -2.30. The largest absolute Gasteiger partial charge is 0.432 e. The molecule has 112 valence electrons. The van der Waals surface area contributed by atoms with E-state index in [1.54, 1.807) is 23.0 Å². The summed E-state index contributed by atoms with van der Waals surface area (Å²) >= 11 is 0. The van der Waals surface area contributed by atoms with Crippen molar-refractivity contribution in [3.8, 4) is 11.6 Å². The van der Waals surface area contributed by atoms with Gasteiger partial charge >= 0.3 is 5.56 Å². The van der Waals surface area contributed by atoms with E-state index >= 15 is 0 Å². The van der Waals surface area contributed by atoms with Crippen LogP contribution in [-0.2, 0) is 12.0 Å². The molecule has 0 aliphatic rings. The Morgan fingerprint density at radius 3 is 2.62 bits per heavy atom. The standard InChI is InChI=1S/C16H21N3O2/c1-5-11-6-7-13(12(17)10-11)21-14-15(20)19(9-8-18-14)16(2,3)4/h6-10H,5,17H2,1-4H3. The molecule has 0 unspecified atom stereocenters. The summed E-state index contributed by atoms with van der Waals surface area (Å²) in [6.45, 7) is 7.89. The molecule has 0 aliphatic heterocycles. The molecule has 5 nitrogen and oxygen atoms in total. The minimum Gasteiger partial charge on any atom is -0.432 e. The molecule has 0 aliphatic carbocycles. The maximum Gasteiger partial charge on any atom is 0.314 e. The predicted octanol–water partition coefficient (Wildman–Crippen LogP) is 2.94. The van der Waals surface area contributed by atoms with E-state index in [1.165, 1.54) is 0 Å². The zero-order valence-electron chi connectivity index (χ0n) is 12.9. The lowest BCUT2D eigenvalue weighted by Crippen LogP contribution is -2.34. The maximum atomic E-state index is 12.4. The second-order valence-corrected chi connectivity index (χ2v) is 5.91. The summed E-state index contributed by atoms with van der Waals surface area (Å²) in [5.74, 6) is 0.479. The lowest BCUT2D eigenvalue weighted by molar-refractivity contribution is 0.363. The molecule has 1 heterocycles. The highest BCUT2D eigenvalue weighted by atomic mass is 16.5. The van der Waals surface area contributed by atoms with E-state index in [0.717, 1.165) is 12.0 Å². The van der Waals surface area contributed by atoms with E-state index in [1.807, 2.05) is 32.9 Å². The van der Waals surface area contributed by atoms with Crippen LogP contribution in [0.2, 0.25) is 0 Å². The number of rotatable bonds is 3. The number of nitrogens with two attached hydrogens (primary N) is 1. The highest BCUT2D eigenvalue weighted by Crippen LogP contribution is 2.26. The van der Waals surface area contributed by atoms with Gasteiger partial charge in [0.15, 0.2) is 5.75 Å². The Labute approximate surface area is 124 Å². The molecule has 0 fully saturated rings. The van der Waals surface area contributed by atoms with Crippen LogP contribution < -0.4 is 16.0 Å². The van der Waals surface area contributed by atoms with Gasteiger partial charge in [-0.3, -0.25) is 4.79 Å². The number of nitrogen functional groups attached to an aromatic ring is 1. The molecule has 1 aromatic carbocycles. The lowest BCUT2D eigenvalue weighted by atomic mass is 10.1. The molecular weight excluding hydrogens is 266 g/mol. The van der Waals surface area contributed by atoms with Gasteiger partial charge in [-0.05, 0) is 44.9 Å². The molecule has 1 aromatic heterocycles. The third kappa shape index (κ3) is 3.24. The van der Waals surface area contributed by atoms with Crippen molar-refractivity contribution < 1.29 is 4.74 Å². The van der Waals surface area contributed by atoms with Crippen molar-refractivity contribution in [2.45, 2.75) is 39.7 Å². The molecule has 0 bridgehead atoms. The first-order valence-corrected chi connectivity index (χ1v) is 6.97. The Bertz CT molecular complexity index is 699. The fraction of sp³-hybridized carbons (Fsp3) is 0.375. The third-order valence-corrected chi connectivity index (χ3v) is 3.22. The Morgan fingerprint density at radius 2 is 2.05 bits per heavy atom. The molecule has 0 spiro atoms. The number of benzene rings is 1. The fourth-order valence-corrected chi connectivity index (χ4v) is 2.01. The quantitative estimate of drug-likeness (QED) is 0.881. The van der Waals surface area contributed by atoms with Crippen molar-refractivity contribution in [1.29, 1.82) is 0 Å². The van der Waals surface area contributed by atoms with Crippen LogP contribution in [0.5, 0.6) is 11.6 Å². The zero-order valence-corrected chi connectivity index (χ0v) is 12.9. The summed E-state index contributed by atoms with van der Waals surface area (Å²) in [5.41, 5.74) is 6.97. The number of aryl methyl sites for hydroxylation is 1. The molecular formula is C16H21N3O2. The Kier molecular flexibility index (Phi) is 4.02. The van der Waals surface area contributed by atoms with Gasteiger partial charge in [0.1, 0.15) is 0 Å². The van der Waals surface area contributed by atoms with Gasteiger partial charge in [0.25, 0.3) is 5.88 Å². The fourth-order valence-electron chi connectivity index (χ4n) is 2.01. The van der Waals surface area contributed by atoms with Crippen molar-refractivity contribution in [2.24, 2.45) is 0 Å². The summed E-state index contributed by atoms with van der Waals surface area (Å²) in [7, 11) is 0. The van der Waals surface area contributed by atoms with Crippen molar-refractivity contribution in [1.82, 2.24) is 9.55 Å². The first-order chi connectivity index (χ1) is 9.82. The smallest absolute Gasteiger partial charge is 0.314 e. The molecule has 2 aromatic rings. The van der Waals surface area contributed by atoms with Crippen LogP contribution in [-0.4, -0.2) is 9.55 Å². The van der Waals surface area contributed by atoms with Crippen molar-refractivity contribution in [2.75, 3.05) is 5.73 Å². The summed E-state index contributed by atoms with van der Waals surface area (Å²) in [6.07, 6.45) is 4.10. The average Bonchev–Trinajstić information content (AvgIpc) is 2.41. The molecule has 0 saturated heterocycles. The third-order valence-electron chi connectivity index (χ3n) is 3.22. The van der Waals surface area contributed by atoms with E-state index in [0.29, 0.717) is 11.4 Å². The molecule has 0 atom stereocenters. The van der Waals surface area contributed by atoms with Gasteiger partial charge in [-0.2, -0.15) is 0 Å². The molecule has 21 heavy (non-hydrogen) atoms. The second-order valence-electron chi connectivity index (χ2n) is 5.91. The van der Waals surface area contributed by atoms with E-state index in [-0.39, 0.29) is 17.0 Å².